The fourth-order valence-corrected chi connectivity index (χ4v) is 2.86. The van der Waals surface area contributed by atoms with E-state index in [9.17, 15) is 39.5 Å². The second-order valence-electron chi connectivity index (χ2n) is 5.42. The Hall–Kier alpha value is 0.1000. The van der Waals surface area contributed by atoms with Crippen LogP contribution in [0.3, 0.4) is 0 Å². The van der Waals surface area contributed by atoms with Gasteiger partial charge in [0.25, 0.3) is 5.67 Å². The smallest absolute Gasteiger partial charge is 0.227 e. The van der Waals surface area contributed by atoms with Crippen LogP contribution in [-0.4, -0.2) is 27.4 Å². The summed E-state index contributed by atoms with van der Waals surface area (Å²) in [5.74, 6) is -6.52. The summed E-state index contributed by atoms with van der Waals surface area (Å²) in [6, 6.07) is 0. The molecular weight excluding hydrogens is 442 g/mol. The summed E-state index contributed by atoms with van der Waals surface area (Å²) < 4.78 is 113. The number of halogens is 10. The fourth-order valence-electron chi connectivity index (χ4n) is 1.95. The van der Waals surface area contributed by atoms with E-state index in [-0.39, 0.29) is 6.42 Å². The Bertz CT molecular complexity index is 359. The van der Waals surface area contributed by atoms with Crippen LogP contribution in [0.15, 0.2) is 0 Å². The van der Waals surface area contributed by atoms with Gasteiger partial charge in [-0.05, 0) is 6.42 Å². The van der Waals surface area contributed by atoms with Crippen molar-refractivity contribution >= 4 is 22.6 Å². The van der Waals surface area contributed by atoms with Gasteiger partial charge < -0.3 is 0 Å². The van der Waals surface area contributed by atoms with E-state index in [2.05, 4.69) is 0 Å². The second kappa shape index (κ2) is 6.92. The minimum atomic E-state index is -6.63. The lowest BCUT2D eigenvalue weighted by atomic mass is 9.84. The monoisotopic (exact) mass is 458 g/mol. The zero-order valence-electron chi connectivity index (χ0n) is 11.8. The highest BCUT2D eigenvalue weighted by atomic mass is 127. The summed E-state index contributed by atoms with van der Waals surface area (Å²) >= 11 is 1.31. The molecule has 0 saturated heterocycles. The first-order valence-electron chi connectivity index (χ1n) is 6.41. The van der Waals surface area contributed by atoms with Gasteiger partial charge in [0.1, 0.15) is 0 Å². The maximum absolute atomic E-state index is 14.0. The van der Waals surface area contributed by atoms with Gasteiger partial charge >= 0.3 is 18.3 Å². The largest absolute Gasteiger partial charge is 0.457 e. The van der Waals surface area contributed by atoms with Crippen molar-refractivity contribution in [1.29, 1.82) is 0 Å². The first-order chi connectivity index (χ1) is 9.52. The minimum absolute atomic E-state index is 0.100. The Labute approximate surface area is 136 Å². The number of hydrogen-bond acceptors (Lipinski definition) is 0. The molecule has 134 valence electrons. The normalized spacial score (nSPS) is 19.6. The minimum Gasteiger partial charge on any atom is -0.227 e. The Morgan fingerprint density at radius 1 is 0.773 bits per heavy atom. The van der Waals surface area contributed by atoms with Crippen LogP contribution < -0.4 is 0 Å². The molecule has 0 aromatic rings. The number of rotatable bonds is 7. The van der Waals surface area contributed by atoms with Crippen LogP contribution in [0.2, 0.25) is 0 Å². The zero-order valence-corrected chi connectivity index (χ0v) is 14.0. The topological polar surface area (TPSA) is 0 Å². The molecule has 0 aliphatic carbocycles. The van der Waals surface area contributed by atoms with Crippen LogP contribution in [0.5, 0.6) is 0 Å². The molecule has 10 heteroatoms. The first kappa shape index (κ1) is 22.1. The van der Waals surface area contributed by atoms with Crippen molar-refractivity contribution in [2.45, 2.75) is 73.3 Å². The molecule has 0 N–H and O–H groups in total. The number of unbranched alkanes of at least 4 members (excludes halogenated alkanes) is 2. The molecule has 0 aromatic heterocycles. The predicted molar refractivity (Wildman–Crippen MR) is 72.1 cm³/mol. The maximum atomic E-state index is 14.0. The van der Waals surface area contributed by atoms with E-state index in [1.54, 1.807) is 6.92 Å². The van der Waals surface area contributed by atoms with Gasteiger partial charge in [0.05, 0.1) is 0 Å². The van der Waals surface area contributed by atoms with E-state index in [1.165, 1.54) is 22.6 Å². The molecule has 2 unspecified atom stereocenters. The van der Waals surface area contributed by atoms with Gasteiger partial charge in [-0.25, -0.2) is 4.39 Å². The van der Waals surface area contributed by atoms with Gasteiger partial charge in [-0.2, -0.15) is 35.1 Å². The molecule has 0 bridgehead atoms. The average molecular weight is 458 g/mol. The summed E-state index contributed by atoms with van der Waals surface area (Å²) in [4.78, 5) is 0. The lowest BCUT2D eigenvalue weighted by Crippen LogP contribution is -2.63. The lowest BCUT2D eigenvalue weighted by Gasteiger charge is -2.39. The summed E-state index contributed by atoms with van der Waals surface area (Å²) in [5, 5.41) is 0. The van der Waals surface area contributed by atoms with Crippen LogP contribution >= 0.6 is 22.6 Å². The molecule has 0 aromatic carbocycles. The summed E-state index contributed by atoms with van der Waals surface area (Å²) in [5.41, 5.74) is -5.67. The standard InChI is InChI=1S/C12H16F9I/c1-3-4-5-6-8(2,22)7-9(13,11(16,17)18)10(14,15)12(19,20)21/h3-7H2,1-2H3. The van der Waals surface area contributed by atoms with Crippen LogP contribution in [0.1, 0.15) is 46.0 Å². The Kier molecular flexibility index (Phi) is 6.95. The van der Waals surface area contributed by atoms with Crippen LogP contribution in [0.25, 0.3) is 0 Å². The van der Waals surface area contributed by atoms with Crippen molar-refractivity contribution in [2.75, 3.05) is 0 Å². The van der Waals surface area contributed by atoms with Gasteiger partial charge in [-0.1, -0.05) is 55.7 Å². The van der Waals surface area contributed by atoms with Crippen LogP contribution in [0.4, 0.5) is 39.5 Å². The highest BCUT2D eigenvalue weighted by Gasteiger charge is 2.81. The van der Waals surface area contributed by atoms with Gasteiger partial charge in [0.2, 0.25) is 0 Å². The maximum Gasteiger partial charge on any atom is 0.457 e. The van der Waals surface area contributed by atoms with E-state index < -0.39 is 33.8 Å². The second-order valence-corrected chi connectivity index (χ2v) is 8.02. The Morgan fingerprint density at radius 3 is 1.55 bits per heavy atom. The van der Waals surface area contributed by atoms with Gasteiger partial charge in [0.15, 0.2) is 0 Å². The van der Waals surface area contributed by atoms with Crippen LogP contribution in [0, 0.1) is 0 Å². The van der Waals surface area contributed by atoms with Gasteiger partial charge in [0, 0.05) is 9.84 Å². The van der Waals surface area contributed by atoms with Crippen molar-refractivity contribution < 1.29 is 39.5 Å². The lowest BCUT2D eigenvalue weighted by molar-refractivity contribution is -0.385. The van der Waals surface area contributed by atoms with E-state index in [4.69, 9.17) is 0 Å². The molecule has 2 atom stereocenters. The zero-order chi connectivity index (χ0) is 18.0. The highest BCUT2D eigenvalue weighted by molar-refractivity contribution is 14.1. The van der Waals surface area contributed by atoms with E-state index in [0.717, 1.165) is 6.92 Å². The molecule has 0 saturated carbocycles. The van der Waals surface area contributed by atoms with Gasteiger partial charge in [-0.3, -0.25) is 0 Å². The third-order valence-corrected chi connectivity index (χ3v) is 4.14. The third-order valence-electron chi connectivity index (χ3n) is 3.22. The third kappa shape index (κ3) is 4.80. The molecule has 0 fully saturated rings. The number of hydrogen-bond donors (Lipinski definition) is 0. The quantitative estimate of drug-likeness (QED) is 0.174. The van der Waals surface area contributed by atoms with Crippen molar-refractivity contribution in [2.24, 2.45) is 0 Å². The molecule has 0 heterocycles. The molecule has 22 heavy (non-hydrogen) atoms. The van der Waals surface area contributed by atoms with Gasteiger partial charge in [-0.15, -0.1) is 0 Å². The SMILES string of the molecule is CCCCCC(C)(I)CC(F)(C(F)(F)F)C(F)(F)C(F)(F)F. The highest BCUT2D eigenvalue weighted by Crippen LogP contribution is 2.57. The molecule has 0 spiro atoms. The molecular formula is C12H16F9I. The molecule has 0 rings (SSSR count). The Balaban J connectivity index is 5.58. The first-order valence-corrected chi connectivity index (χ1v) is 7.49. The summed E-state index contributed by atoms with van der Waals surface area (Å²) in [6.45, 7) is 2.81. The molecule has 0 aliphatic heterocycles. The van der Waals surface area contributed by atoms with E-state index >= 15 is 0 Å². The number of alkyl halides is 10. The molecule has 0 amide bonds. The summed E-state index contributed by atoms with van der Waals surface area (Å²) in [6.07, 6.45) is -13.5. The predicted octanol–water partition coefficient (Wildman–Crippen LogP) is 6.62. The van der Waals surface area contributed by atoms with E-state index in [0.29, 0.717) is 19.3 Å². The van der Waals surface area contributed by atoms with Crippen molar-refractivity contribution in [3.8, 4) is 0 Å². The van der Waals surface area contributed by atoms with Crippen molar-refractivity contribution in [1.82, 2.24) is 0 Å². The molecule has 0 nitrogen and oxygen atoms in total. The van der Waals surface area contributed by atoms with Crippen molar-refractivity contribution in [3.05, 3.63) is 0 Å². The average Bonchev–Trinajstić information content (AvgIpc) is 2.25. The van der Waals surface area contributed by atoms with E-state index in [1.807, 2.05) is 0 Å². The van der Waals surface area contributed by atoms with Crippen LogP contribution in [-0.2, 0) is 0 Å². The fraction of sp³-hybridized carbons (Fsp3) is 1.00. The Morgan fingerprint density at radius 2 is 1.23 bits per heavy atom. The summed E-state index contributed by atoms with van der Waals surface area (Å²) in [7, 11) is 0. The molecule has 0 aliphatic rings. The molecule has 0 radical (unpaired) electrons. The van der Waals surface area contributed by atoms with Crippen molar-refractivity contribution in [3.63, 3.8) is 0 Å².